The maximum absolute atomic E-state index is 14.1. The maximum Gasteiger partial charge on any atom is 0.268 e. The molecule has 4 aromatic heterocycles. The van der Waals surface area contributed by atoms with Gasteiger partial charge in [-0.15, -0.1) is 0 Å². The lowest BCUT2D eigenvalue weighted by Gasteiger charge is -2.04. The van der Waals surface area contributed by atoms with Gasteiger partial charge >= 0.3 is 0 Å². The van der Waals surface area contributed by atoms with E-state index >= 15 is 0 Å². The van der Waals surface area contributed by atoms with Crippen LogP contribution in [0.25, 0.3) is 33.7 Å². The van der Waals surface area contributed by atoms with Crippen molar-refractivity contribution >= 4 is 28.0 Å². The summed E-state index contributed by atoms with van der Waals surface area (Å²) in [5.74, 6) is -0.00522. The largest absolute Gasteiger partial charge is 0.382 e. The molecule has 4 heterocycles. The van der Waals surface area contributed by atoms with E-state index in [1.165, 1.54) is 6.07 Å². The number of hydrogen-bond donors (Lipinski definition) is 2. The topological polar surface area (TPSA) is 128 Å². The number of pyridine rings is 1. The highest BCUT2D eigenvalue weighted by Crippen LogP contribution is 2.27. The second kappa shape index (κ2) is 6.44. The lowest BCUT2D eigenvalue weighted by Crippen LogP contribution is -2.09. The Labute approximate surface area is 162 Å². The number of fused-ring (bicyclic) bond motifs is 2. The molecule has 1 aromatic carbocycles. The first-order valence-electron chi connectivity index (χ1n) is 8.68. The molecule has 0 fully saturated rings. The Morgan fingerprint density at radius 2 is 1.97 bits per heavy atom. The Morgan fingerprint density at radius 3 is 2.83 bits per heavy atom. The lowest BCUT2D eigenvalue weighted by molar-refractivity contribution is 0.589. The van der Waals surface area contributed by atoms with Crippen molar-refractivity contribution in [2.75, 3.05) is 5.73 Å². The summed E-state index contributed by atoms with van der Waals surface area (Å²) in [7, 11) is 0. The first-order chi connectivity index (χ1) is 14.1. The molecule has 0 aliphatic rings. The Bertz CT molecular complexity index is 1440. The molecule has 0 aliphatic heterocycles. The highest BCUT2D eigenvalue weighted by atomic mass is 19.1. The van der Waals surface area contributed by atoms with Gasteiger partial charge in [-0.3, -0.25) is 4.79 Å². The van der Waals surface area contributed by atoms with Crippen LogP contribution < -0.4 is 11.3 Å². The number of nitrogens with two attached hydrogens (primary N) is 1. The molecule has 5 aromatic rings. The molecule has 9 nitrogen and oxygen atoms in total. The molecule has 0 bridgehead atoms. The number of benzene rings is 1. The third-order valence-electron chi connectivity index (χ3n) is 4.46. The minimum absolute atomic E-state index is 0.113. The summed E-state index contributed by atoms with van der Waals surface area (Å²) < 4.78 is 15.7. The Morgan fingerprint density at radius 1 is 1.10 bits per heavy atom. The summed E-state index contributed by atoms with van der Waals surface area (Å²) in [6, 6.07) is 10.0. The normalized spacial score (nSPS) is 11.3. The molecular formula is C19H13FN8O. The Hall–Kier alpha value is -4.21. The van der Waals surface area contributed by atoms with Crippen molar-refractivity contribution in [3.8, 4) is 11.5 Å². The highest BCUT2D eigenvalue weighted by molar-refractivity contribution is 5.91. The number of aromatic amines is 1. The minimum atomic E-state index is -0.404. The van der Waals surface area contributed by atoms with E-state index in [1.54, 1.807) is 35.1 Å². The third-order valence-corrected chi connectivity index (χ3v) is 4.46. The molecule has 29 heavy (non-hydrogen) atoms. The number of nitrogens with one attached hydrogen (secondary N) is 1. The zero-order valence-corrected chi connectivity index (χ0v) is 14.9. The number of rotatable bonds is 3. The fourth-order valence-electron chi connectivity index (χ4n) is 3.14. The van der Waals surface area contributed by atoms with Crippen LogP contribution in [0.2, 0.25) is 0 Å². The lowest BCUT2D eigenvalue weighted by atomic mass is 10.2. The van der Waals surface area contributed by atoms with Crippen molar-refractivity contribution in [3.63, 3.8) is 0 Å². The number of nitrogens with zero attached hydrogens (tertiary/aromatic N) is 6. The van der Waals surface area contributed by atoms with Crippen molar-refractivity contribution in [1.82, 2.24) is 34.7 Å². The molecule has 0 saturated heterocycles. The second-order valence-corrected chi connectivity index (χ2v) is 6.35. The van der Waals surface area contributed by atoms with Crippen LogP contribution in [0, 0.1) is 5.82 Å². The molecule has 0 radical (unpaired) electrons. The molecular weight excluding hydrogens is 375 g/mol. The van der Waals surface area contributed by atoms with E-state index in [1.807, 2.05) is 6.07 Å². The Kier molecular flexibility index (Phi) is 3.76. The zero-order chi connectivity index (χ0) is 20.0. The van der Waals surface area contributed by atoms with Gasteiger partial charge in [0.25, 0.3) is 5.56 Å². The predicted molar refractivity (Wildman–Crippen MR) is 104 cm³/mol. The molecule has 10 heteroatoms. The summed E-state index contributed by atoms with van der Waals surface area (Å²) in [6.07, 6.45) is 2.74. The van der Waals surface area contributed by atoms with Gasteiger partial charge < -0.3 is 10.7 Å². The molecule has 142 valence electrons. The van der Waals surface area contributed by atoms with Crippen LogP contribution in [0.5, 0.6) is 0 Å². The van der Waals surface area contributed by atoms with Crippen molar-refractivity contribution in [2.24, 2.45) is 0 Å². The standard InChI is InChI=1S/C19H13FN8O/c20-12-6-2-1-4-10(12)9-28-19-11(5-3-7-22-19)14(27-28)17-25-16(21)15-18(26-17)24-13(29)8-23-15/h1-8H,9H2,(H3,21,24,25,26,29). The fourth-order valence-corrected chi connectivity index (χ4v) is 3.14. The van der Waals surface area contributed by atoms with Crippen LogP contribution in [0.4, 0.5) is 10.2 Å². The van der Waals surface area contributed by atoms with E-state index in [0.717, 1.165) is 6.20 Å². The number of anilines is 1. The summed E-state index contributed by atoms with van der Waals surface area (Å²) in [5.41, 5.74) is 7.54. The summed E-state index contributed by atoms with van der Waals surface area (Å²) in [4.78, 5) is 31.2. The van der Waals surface area contributed by atoms with Crippen LogP contribution in [0.15, 0.2) is 53.6 Å². The van der Waals surface area contributed by atoms with Crippen molar-refractivity contribution in [2.45, 2.75) is 6.54 Å². The van der Waals surface area contributed by atoms with Gasteiger partial charge in [-0.1, -0.05) is 18.2 Å². The van der Waals surface area contributed by atoms with Crippen LogP contribution in [-0.2, 0) is 6.54 Å². The average Bonchev–Trinajstić information content (AvgIpc) is 3.08. The fraction of sp³-hybridized carbons (Fsp3) is 0.0526. The first-order valence-corrected chi connectivity index (χ1v) is 8.68. The van der Waals surface area contributed by atoms with E-state index in [0.29, 0.717) is 27.8 Å². The number of aromatic nitrogens is 7. The van der Waals surface area contributed by atoms with Gasteiger partial charge in [0.2, 0.25) is 0 Å². The summed E-state index contributed by atoms with van der Waals surface area (Å²) in [6.45, 7) is 0.182. The van der Waals surface area contributed by atoms with E-state index in [2.05, 4.69) is 30.0 Å². The van der Waals surface area contributed by atoms with Crippen LogP contribution in [0.1, 0.15) is 5.56 Å². The van der Waals surface area contributed by atoms with Gasteiger partial charge in [-0.05, 0) is 18.2 Å². The number of halogens is 1. The monoisotopic (exact) mass is 388 g/mol. The SMILES string of the molecule is Nc1nc(-c2nn(Cc3ccccc3F)c3ncccc23)nc2[nH]c(=O)cnc12. The van der Waals surface area contributed by atoms with Gasteiger partial charge in [0.15, 0.2) is 22.9 Å². The van der Waals surface area contributed by atoms with E-state index < -0.39 is 5.56 Å². The average molecular weight is 388 g/mol. The molecule has 5 rings (SSSR count). The van der Waals surface area contributed by atoms with Crippen molar-refractivity contribution < 1.29 is 4.39 Å². The maximum atomic E-state index is 14.1. The minimum Gasteiger partial charge on any atom is -0.382 e. The van der Waals surface area contributed by atoms with Gasteiger partial charge in [0.05, 0.1) is 18.1 Å². The number of hydrogen-bond acceptors (Lipinski definition) is 7. The summed E-state index contributed by atoms with van der Waals surface area (Å²) >= 11 is 0. The number of nitrogen functional groups attached to an aromatic ring is 1. The highest BCUT2D eigenvalue weighted by Gasteiger charge is 2.18. The zero-order valence-electron chi connectivity index (χ0n) is 14.9. The van der Waals surface area contributed by atoms with Crippen molar-refractivity contribution in [3.05, 3.63) is 70.5 Å². The molecule has 0 aliphatic carbocycles. The summed E-state index contributed by atoms with van der Waals surface area (Å²) in [5, 5.41) is 5.24. The van der Waals surface area contributed by atoms with E-state index in [4.69, 9.17) is 5.73 Å². The second-order valence-electron chi connectivity index (χ2n) is 6.35. The van der Waals surface area contributed by atoms with Gasteiger partial charge in [-0.25, -0.2) is 29.0 Å². The van der Waals surface area contributed by atoms with Gasteiger partial charge in [0.1, 0.15) is 17.0 Å². The molecule has 3 N–H and O–H groups in total. The molecule has 0 spiro atoms. The predicted octanol–water partition coefficient (Wildman–Crippen LogP) is 1.89. The van der Waals surface area contributed by atoms with Crippen LogP contribution >= 0.6 is 0 Å². The van der Waals surface area contributed by atoms with E-state index in [-0.39, 0.29) is 29.7 Å². The smallest absolute Gasteiger partial charge is 0.268 e. The molecule has 0 amide bonds. The van der Waals surface area contributed by atoms with E-state index in [9.17, 15) is 9.18 Å². The van der Waals surface area contributed by atoms with Crippen molar-refractivity contribution in [1.29, 1.82) is 0 Å². The molecule has 0 saturated carbocycles. The molecule has 0 atom stereocenters. The van der Waals surface area contributed by atoms with Gasteiger partial charge in [-0.2, -0.15) is 5.10 Å². The number of H-pyrrole nitrogens is 1. The Balaban J connectivity index is 1.71. The molecule has 0 unspecified atom stereocenters. The quantitative estimate of drug-likeness (QED) is 0.483. The van der Waals surface area contributed by atoms with Gasteiger partial charge in [0, 0.05) is 11.8 Å². The third kappa shape index (κ3) is 2.87. The van der Waals surface area contributed by atoms with Crippen LogP contribution in [0.3, 0.4) is 0 Å². The van der Waals surface area contributed by atoms with Crippen LogP contribution in [-0.4, -0.2) is 34.7 Å². The first kappa shape index (κ1) is 16.9.